The summed E-state index contributed by atoms with van der Waals surface area (Å²) in [6, 6.07) is 3.11. The fourth-order valence-electron chi connectivity index (χ4n) is 2.03. The van der Waals surface area contributed by atoms with Crippen LogP contribution in [0.25, 0.3) is 0 Å². The molecule has 2 amide bonds. The molecule has 2 N–H and O–H groups in total. The Bertz CT molecular complexity index is 458. The summed E-state index contributed by atoms with van der Waals surface area (Å²) in [4.78, 5) is 13.7. The molecule has 4 nitrogen and oxygen atoms in total. The second-order valence-corrected chi connectivity index (χ2v) is 4.88. The Morgan fingerprint density at radius 2 is 1.95 bits per heavy atom. The fraction of sp³-hybridized carbons (Fsp3) is 0.500. The molecule has 0 bridgehead atoms. The minimum atomic E-state index is -0.788. The molecular weight excluding hydrogens is 266 g/mol. The van der Waals surface area contributed by atoms with E-state index in [9.17, 15) is 13.6 Å². The third kappa shape index (κ3) is 3.66. The van der Waals surface area contributed by atoms with E-state index in [1.165, 1.54) is 6.07 Å². The number of hydrogen-bond donors (Lipinski definition) is 2. The van der Waals surface area contributed by atoms with Gasteiger partial charge < -0.3 is 15.3 Å². The van der Waals surface area contributed by atoms with Gasteiger partial charge in [-0.25, -0.2) is 13.6 Å². The molecule has 1 fully saturated rings. The van der Waals surface area contributed by atoms with Crippen LogP contribution >= 0.6 is 0 Å². The first-order chi connectivity index (χ1) is 9.63. The SMILES string of the molecule is O=C(Nc1c(F)cccc1F)N(CCCCO)C1CC1. The number of carbonyl (C=O) groups is 1. The highest BCUT2D eigenvalue weighted by Gasteiger charge is 2.32. The Morgan fingerprint density at radius 1 is 1.30 bits per heavy atom. The van der Waals surface area contributed by atoms with Crippen LogP contribution in [0.15, 0.2) is 18.2 Å². The van der Waals surface area contributed by atoms with E-state index in [2.05, 4.69) is 5.32 Å². The van der Waals surface area contributed by atoms with Gasteiger partial charge in [0.25, 0.3) is 0 Å². The lowest BCUT2D eigenvalue weighted by molar-refractivity contribution is 0.203. The molecule has 1 aliphatic rings. The van der Waals surface area contributed by atoms with Crippen molar-refractivity contribution in [2.75, 3.05) is 18.5 Å². The van der Waals surface area contributed by atoms with Gasteiger partial charge in [-0.3, -0.25) is 0 Å². The molecule has 0 heterocycles. The summed E-state index contributed by atoms with van der Waals surface area (Å²) in [6.07, 6.45) is 3.09. The van der Waals surface area contributed by atoms with Gasteiger partial charge in [0.1, 0.15) is 17.3 Å². The van der Waals surface area contributed by atoms with Gasteiger partial charge in [0.2, 0.25) is 0 Å². The van der Waals surface area contributed by atoms with Crippen molar-refractivity contribution in [2.24, 2.45) is 0 Å². The van der Waals surface area contributed by atoms with E-state index in [1.807, 2.05) is 0 Å². The second kappa shape index (κ2) is 6.65. The van der Waals surface area contributed by atoms with Gasteiger partial charge in [-0.2, -0.15) is 0 Å². The highest BCUT2D eigenvalue weighted by molar-refractivity contribution is 5.90. The van der Waals surface area contributed by atoms with Crippen LogP contribution in [0.1, 0.15) is 25.7 Å². The molecular formula is C14H18F2N2O2. The zero-order chi connectivity index (χ0) is 14.5. The Hall–Kier alpha value is -1.69. The molecule has 1 aromatic carbocycles. The van der Waals surface area contributed by atoms with Crippen molar-refractivity contribution in [3.05, 3.63) is 29.8 Å². The lowest BCUT2D eigenvalue weighted by atomic mass is 10.3. The van der Waals surface area contributed by atoms with Crippen molar-refractivity contribution in [3.8, 4) is 0 Å². The summed E-state index contributed by atoms with van der Waals surface area (Å²) in [7, 11) is 0. The number of nitrogens with zero attached hydrogens (tertiary/aromatic N) is 1. The Morgan fingerprint density at radius 3 is 2.50 bits per heavy atom. The van der Waals surface area contributed by atoms with Crippen LogP contribution in [0.3, 0.4) is 0 Å². The van der Waals surface area contributed by atoms with E-state index in [0.29, 0.717) is 19.4 Å². The monoisotopic (exact) mass is 284 g/mol. The first-order valence-corrected chi connectivity index (χ1v) is 6.76. The molecule has 0 unspecified atom stereocenters. The molecule has 1 aromatic rings. The number of aliphatic hydroxyl groups excluding tert-OH is 1. The summed E-state index contributed by atoms with van der Waals surface area (Å²) in [5.41, 5.74) is -0.412. The van der Waals surface area contributed by atoms with E-state index in [-0.39, 0.29) is 12.6 Å². The number of amides is 2. The maximum atomic E-state index is 13.5. The maximum absolute atomic E-state index is 13.5. The van der Waals surface area contributed by atoms with Gasteiger partial charge in [0.05, 0.1) is 0 Å². The average molecular weight is 284 g/mol. The zero-order valence-corrected chi connectivity index (χ0v) is 11.1. The summed E-state index contributed by atoms with van der Waals surface area (Å²) in [5.74, 6) is -1.58. The van der Waals surface area contributed by atoms with Crippen LogP contribution in [0.2, 0.25) is 0 Å². The van der Waals surface area contributed by atoms with Gasteiger partial charge >= 0.3 is 6.03 Å². The quantitative estimate of drug-likeness (QED) is 0.789. The van der Waals surface area contributed by atoms with Crippen LogP contribution < -0.4 is 5.32 Å². The number of nitrogens with one attached hydrogen (secondary N) is 1. The first-order valence-electron chi connectivity index (χ1n) is 6.76. The van der Waals surface area contributed by atoms with E-state index in [1.54, 1.807) is 4.90 Å². The van der Waals surface area contributed by atoms with Crippen LogP contribution in [0.5, 0.6) is 0 Å². The number of aliphatic hydroxyl groups is 1. The van der Waals surface area contributed by atoms with E-state index in [0.717, 1.165) is 25.0 Å². The fourth-order valence-corrected chi connectivity index (χ4v) is 2.03. The van der Waals surface area contributed by atoms with Crippen molar-refractivity contribution in [1.29, 1.82) is 0 Å². The van der Waals surface area contributed by atoms with Crippen LogP contribution in [0.4, 0.5) is 19.3 Å². The summed E-state index contributed by atoms with van der Waals surface area (Å²) in [6.45, 7) is 0.551. The van der Waals surface area contributed by atoms with Gasteiger partial charge in [-0.05, 0) is 37.8 Å². The van der Waals surface area contributed by atoms with Crippen LogP contribution in [-0.2, 0) is 0 Å². The zero-order valence-electron chi connectivity index (χ0n) is 11.1. The molecule has 0 radical (unpaired) electrons. The standard InChI is InChI=1S/C14H18F2N2O2/c15-11-4-3-5-12(16)13(11)17-14(20)18(10-6-7-10)8-1-2-9-19/h3-5,10,19H,1-2,6-9H2,(H,17,20). The lowest BCUT2D eigenvalue weighted by Crippen LogP contribution is -2.38. The molecule has 1 saturated carbocycles. The molecule has 0 spiro atoms. The predicted octanol–water partition coefficient (Wildman–Crippen LogP) is 2.73. The molecule has 0 atom stereocenters. The van der Waals surface area contributed by atoms with Gasteiger partial charge in [-0.1, -0.05) is 6.07 Å². The Labute approximate surface area is 116 Å². The van der Waals surface area contributed by atoms with Crippen LogP contribution in [0, 0.1) is 11.6 Å². The highest BCUT2D eigenvalue weighted by Crippen LogP contribution is 2.28. The highest BCUT2D eigenvalue weighted by atomic mass is 19.1. The number of urea groups is 1. The number of anilines is 1. The number of carbonyl (C=O) groups excluding carboxylic acids is 1. The summed E-state index contributed by atoms with van der Waals surface area (Å²) in [5, 5.41) is 11.1. The molecule has 0 aliphatic heterocycles. The van der Waals surface area contributed by atoms with Crippen molar-refractivity contribution < 1.29 is 18.7 Å². The number of unbranched alkanes of at least 4 members (excludes halogenated alkanes) is 1. The third-order valence-electron chi connectivity index (χ3n) is 3.25. The molecule has 110 valence electrons. The normalized spacial score (nSPS) is 14.2. The second-order valence-electron chi connectivity index (χ2n) is 4.88. The Kier molecular flexibility index (Phi) is 4.89. The summed E-state index contributed by atoms with van der Waals surface area (Å²) >= 11 is 0. The Balaban J connectivity index is 2.01. The number of halogens is 2. The maximum Gasteiger partial charge on any atom is 0.322 e. The van der Waals surface area contributed by atoms with Gasteiger partial charge in [0, 0.05) is 19.2 Å². The smallest absolute Gasteiger partial charge is 0.322 e. The number of benzene rings is 1. The third-order valence-corrected chi connectivity index (χ3v) is 3.25. The largest absolute Gasteiger partial charge is 0.396 e. The first kappa shape index (κ1) is 14.7. The van der Waals surface area contributed by atoms with Crippen molar-refractivity contribution in [1.82, 2.24) is 4.90 Å². The van der Waals surface area contributed by atoms with Gasteiger partial charge in [0.15, 0.2) is 0 Å². The number of hydrogen-bond acceptors (Lipinski definition) is 2. The molecule has 20 heavy (non-hydrogen) atoms. The van der Waals surface area contributed by atoms with Crippen molar-refractivity contribution in [2.45, 2.75) is 31.7 Å². The molecule has 2 rings (SSSR count). The number of para-hydroxylation sites is 1. The van der Waals surface area contributed by atoms with E-state index < -0.39 is 23.4 Å². The van der Waals surface area contributed by atoms with E-state index in [4.69, 9.17) is 5.11 Å². The van der Waals surface area contributed by atoms with Crippen molar-refractivity contribution in [3.63, 3.8) is 0 Å². The molecule has 6 heteroatoms. The van der Waals surface area contributed by atoms with E-state index >= 15 is 0 Å². The molecule has 0 saturated heterocycles. The molecule has 0 aromatic heterocycles. The molecule has 1 aliphatic carbocycles. The van der Waals surface area contributed by atoms with Crippen molar-refractivity contribution >= 4 is 11.7 Å². The lowest BCUT2D eigenvalue weighted by Gasteiger charge is -2.23. The van der Waals surface area contributed by atoms with Crippen LogP contribution in [-0.4, -0.2) is 35.2 Å². The number of rotatable bonds is 6. The predicted molar refractivity (Wildman–Crippen MR) is 71.4 cm³/mol. The minimum absolute atomic E-state index is 0.0715. The topological polar surface area (TPSA) is 52.6 Å². The average Bonchev–Trinajstić information content (AvgIpc) is 3.23. The van der Waals surface area contributed by atoms with Gasteiger partial charge in [-0.15, -0.1) is 0 Å². The summed E-state index contributed by atoms with van der Waals surface area (Å²) < 4.78 is 27.0. The minimum Gasteiger partial charge on any atom is -0.396 e.